The van der Waals surface area contributed by atoms with Crippen LogP contribution in [0.25, 0.3) is 0 Å². The zero-order chi connectivity index (χ0) is 20.3. The molecule has 3 rings (SSSR count). The first kappa shape index (κ1) is 19.7. The SMILES string of the molecule is CCN1C(=O)C(C)(C)COc2cc(NC(=O)COc3ccccc3F)ccc21. The summed E-state index contributed by atoms with van der Waals surface area (Å²) in [6, 6.07) is 11.0. The van der Waals surface area contributed by atoms with Crippen molar-refractivity contribution in [2.75, 3.05) is 30.0 Å². The highest BCUT2D eigenvalue weighted by molar-refractivity contribution is 6.00. The van der Waals surface area contributed by atoms with E-state index in [1.165, 1.54) is 12.1 Å². The van der Waals surface area contributed by atoms with Crippen LogP contribution < -0.4 is 19.7 Å². The van der Waals surface area contributed by atoms with Gasteiger partial charge < -0.3 is 19.7 Å². The summed E-state index contributed by atoms with van der Waals surface area (Å²) < 4.78 is 24.6. The summed E-state index contributed by atoms with van der Waals surface area (Å²) in [5.74, 6) is -0.430. The normalized spacial score (nSPS) is 15.3. The molecule has 2 aromatic carbocycles. The van der Waals surface area contributed by atoms with Gasteiger partial charge in [0, 0.05) is 18.3 Å². The highest BCUT2D eigenvalue weighted by Gasteiger charge is 2.37. The van der Waals surface area contributed by atoms with E-state index >= 15 is 0 Å². The van der Waals surface area contributed by atoms with Crippen LogP contribution >= 0.6 is 0 Å². The van der Waals surface area contributed by atoms with Crippen molar-refractivity contribution in [3.8, 4) is 11.5 Å². The maximum atomic E-state index is 13.6. The topological polar surface area (TPSA) is 67.9 Å². The van der Waals surface area contributed by atoms with Crippen molar-refractivity contribution >= 4 is 23.2 Å². The molecular weight excluding hydrogens is 363 g/mol. The predicted octanol–water partition coefficient (Wildman–Crippen LogP) is 3.61. The van der Waals surface area contributed by atoms with Gasteiger partial charge in [-0.25, -0.2) is 4.39 Å². The number of nitrogens with one attached hydrogen (secondary N) is 1. The summed E-state index contributed by atoms with van der Waals surface area (Å²) in [6.45, 7) is 6.01. The van der Waals surface area contributed by atoms with Crippen molar-refractivity contribution < 1.29 is 23.5 Å². The Labute approximate surface area is 163 Å². The van der Waals surface area contributed by atoms with E-state index in [2.05, 4.69) is 5.32 Å². The van der Waals surface area contributed by atoms with Gasteiger partial charge in [0.1, 0.15) is 12.4 Å². The minimum absolute atomic E-state index is 0.0103. The van der Waals surface area contributed by atoms with Crippen LogP contribution in [-0.4, -0.2) is 31.6 Å². The van der Waals surface area contributed by atoms with E-state index in [-0.39, 0.29) is 24.9 Å². The summed E-state index contributed by atoms with van der Waals surface area (Å²) in [5.41, 5.74) is 0.522. The fraction of sp³-hybridized carbons (Fsp3) is 0.333. The lowest BCUT2D eigenvalue weighted by molar-refractivity contribution is -0.127. The van der Waals surface area contributed by atoms with Crippen molar-refractivity contribution in [1.29, 1.82) is 0 Å². The Balaban J connectivity index is 1.71. The third kappa shape index (κ3) is 4.08. The Kier molecular flexibility index (Phi) is 5.53. The van der Waals surface area contributed by atoms with Crippen molar-refractivity contribution in [3.63, 3.8) is 0 Å². The number of halogens is 1. The van der Waals surface area contributed by atoms with Crippen LogP contribution in [0.1, 0.15) is 20.8 Å². The number of hydrogen-bond acceptors (Lipinski definition) is 4. The van der Waals surface area contributed by atoms with Gasteiger partial charge in [0.05, 0.1) is 11.1 Å². The van der Waals surface area contributed by atoms with E-state index in [0.717, 1.165) is 0 Å². The fourth-order valence-corrected chi connectivity index (χ4v) is 2.94. The van der Waals surface area contributed by atoms with E-state index in [1.807, 2.05) is 20.8 Å². The van der Waals surface area contributed by atoms with Gasteiger partial charge in [-0.15, -0.1) is 0 Å². The second-order valence-electron chi connectivity index (χ2n) is 7.17. The average molecular weight is 386 g/mol. The number of rotatable bonds is 5. The molecule has 7 heteroatoms. The number of amides is 2. The molecule has 1 aliphatic heterocycles. The number of benzene rings is 2. The summed E-state index contributed by atoms with van der Waals surface area (Å²) in [5, 5.41) is 2.70. The Hall–Kier alpha value is -3.09. The van der Waals surface area contributed by atoms with Crippen LogP contribution in [0.2, 0.25) is 0 Å². The van der Waals surface area contributed by atoms with Gasteiger partial charge in [-0.2, -0.15) is 0 Å². The van der Waals surface area contributed by atoms with Crippen LogP contribution in [0.5, 0.6) is 11.5 Å². The molecule has 2 aromatic rings. The van der Waals surface area contributed by atoms with Crippen molar-refractivity contribution in [3.05, 3.63) is 48.3 Å². The highest BCUT2D eigenvalue weighted by Crippen LogP contribution is 2.38. The molecular formula is C21H23FN2O4. The Morgan fingerprint density at radius 1 is 1.29 bits per heavy atom. The quantitative estimate of drug-likeness (QED) is 0.852. The lowest BCUT2D eigenvalue weighted by Crippen LogP contribution is -2.42. The summed E-state index contributed by atoms with van der Waals surface area (Å²) >= 11 is 0. The molecule has 0 aromatic heterocycles. The molecule has 148 valence electrons. The highest BCUT2D eigenvalue weighted by atomic mass is 19.1. The van der Waals surface area contributed by atoms with Crippen molar-refractivity contribution in [2.45, 2.75) is 20.8 Å². The molecule has 0 radical (unpaired) electrons. The van der Waals surface area contributed by atoms with Crippen molar-refractivity contribution in [2.24, 2.45) is 5.41 Å². The molecule has 2 amide bonds. The summed E-state index contributed by atoms with van der Waals surface area (Å²) in [6.07, 6.45) is 0. The molecule has 0 bridgehead atoms. The number of carbonyl (C=O) groups is 2. The number of fused-ring (bicyclic) bond motifs is 1. The first-order chi connectivity index (χ1) is 13.3. The van der Waals surface area contributed by atoms with Crippen LogP contribution in [0, 0.1) is 11.2 Å². The Morgan fingerprint density at radius 3 is 2.75 bits per heavy atom. The zero-order valence-electron chi connectivity index (χ0n) is 16.1. The van der Waals surface area contributed by atoms with Gasteiger partial charge in [0.15, 0.2) is 18.2 Å². The minimum Gasteiger partial charge on any atom is -0.490 e. The minimum atomic E-state index is -0.647. The lowest BCUT2D eigenvalue weighted by Gasteiger charge is -2.26. The van der Waals surface area contributed by atoms with Gasteiger partial charge in [-0.3, -0.25) is 9.59 Å². The maximum Gasteiger partial charge on any atom is 0.262 e. The van der Waals surface area contributed by atoms with E-state index in [9.17, 15) is 14.0 Å². The van der Waals surface area contributed by atoms with Gasteiger partial charge >= 0.3 is 0 Å². The number of anilines is 2. The molecule has 0 fully saturated rings. The molecule has 0 atom stereocenters. The van der Waals surface area contributed by atoms with E-state index < -0.39 is 17.1 Å². The molecule has 0 spiro atoms. The molecule has 6 nitrogen and oxygen atoms in total. The third-order valence-electron chi connectivity index (χ3n) is 4.46. The molecule has 28 heavy (non-hydrogen) atoms. The average Bonchev–Trinajstić information content (AvgIpc) is 2.76. The summed E-state index contributed by atoms with van der Waals surface area (Å²) in [4.78, 5) is 26.5. The van der Waals surface area contributed by atoms with E-state index in [1.54, 1.807) is 35.2 Å². The van der Waals surface area contributed by atoms with Gasteiger partial charge in [-0.05, 0) is 45.0 Å². The second-order valence-corrected chi connectivity index (χ2v) is 7.17. The van der Waals surface area contributed by atoms with Gasteiger partial charge in [-0.1, -0.05) is 12.1 Å². The molecule has 0 saturated carbocycles. The molecule has 0 aliphatic carbocycles. The Bertz CT molecular complexity index is 898. The fourth-order valence-electron chi connectivity index (χ4n) is 2.94. The zero-order valence-corrected chi connectivity index (χ0v) is 16.1. The van der Waals surface area contributed by atoms with E-state index in [0.29, 0.717) is 23.7 Å². The van der Waals surface area contributed by atoms with E-state index in [4.69, 9.17) is 9.47 Å². The number of para-hydroxylation sites is 1. The molecule has 1 N–H and O–H groups in total. The maximum absolute atomic E-state index is 13.6. The molecule has 0 saturated heterocycles. The third-order valence-corrected chi connectivity index (χ3v) is 4.46. The number of nitrogens with zero attached hydrogens (tertiary/aromatic N) is 1. The van der Waals surface area contributed by atoms with Gasteiger partial charge in [0.2, 0.25) is 5.91 Å². The molecule has 0 unspecified atom stereocenters. The second kappa shape index (κ2) is 7.88. The molecule has 1 aliphatic rings. The number of carbonyl (C=O) groups excluding carboxylic acids is 2. The molecule has 1 heterocycles. The largest absolute Gasteiger partial charge is 0.490 e. The van der Waals surface area contributed by atoms with Crippen LogP contribution in [0.4, 0.5) is 15.8 Å². The van der Waals surface area contributed by atoms with Crippen LogP contribution in [0.3, 0.4) is 0 Å². The van der Waals surface area contributed by atoms with Gasteiger partial charge in [0.25, 0.3) is 5.91 Å². The standard InChI is InChI=1S/C21H23FN2O4/c1-4-24-16-10-9-14(11-18(16)28-13-21(2,3)20(24)26)23-19(25)12-27-17-8-6-5-7-15(17)22/h5-11H,4,12-13H2,1-3H3,(H,23,25). The predicted molar refractivity (Wildman–Crippen MR) is 104 cm³/mol. The number of ether oxygens (including phenoxy) is 2. The monoisotopic (exact) mass is 386 g/mol. The summed E-state index contributed by atoms with van der Waals surface area (Å²) in [7, 11) is 0. The smallest absolute Gasteiger partial charge is 0.262 e. The Morgan fingerprint density at radius 2 is 2.04 bits per heavy atom. The van der Waals surface area contributed by atoms with Crippen molar-refractivity contribution in [1.82, 2.24) is 0 Å². The number of hydrogen-bond donors (Lipinski definition) is 1. The van der Waals surface area contributed by atoms with Crippen LogP contribution in [0.15, 0.2) is 42.5 Å². The first-order valence-electron chi connectivity index (χ1n) is 9.08. The van der Waals surface area contributed by atoms with Crippen LogP contribution in [-0.2, 0) is 9.59 Å². The first-order valence-corrected chi connectivity index (χ1v) is 9.08. The lowest BCUT2D eigenvalue weighted by atomic mass is 9.93.